The van der Waals surface area contributed by atoms with Gasteiger partial charge in [0, 0.05) is 44.9 Å². The predicted molar refractivity (Wildman–Crippen MR) is 115 cm³/mol. The molecule has 6 heteroatoms. The number of likely N-dealkylation sites (tertiary alicyclic amines) is 1. The Labute approximate surface area is 178 Å². The molecule has 0 saturated carbocycles. The summed E-state index contributed by atoms with van der Waals surface area (Å²) >= 11 is 0. The Kier molecular flexibility index (Phi) is 7.83. The van der Waals surface area contributed by atoms with Crippen molar-refractivity contribution in [1.29, 1.82) is 5.26 Å². The number of hydrogen-bond acceptors (Lipinski definition) is 5. The number of amides is 1. The standard InChI is InChI=1S/C24H29N3O3/c1-29-14-13-27(24(28)21-7-4-8-23(16-21)30-2)22-9-11-26(12-10-22)18-20-6-3-5-19(15-20)17-25/h3-8,15-16,22H,9-14,18H2,1-2H3. The van der Waals surface area contributed by atoms with Crippen LogP contribution < -0.4 is 4.74 Å². The molecular weight excluding hydrogens is 378 g/mol. The van der Waals surface area contributed by atoms with Crippen LogP contribution in [0.4, 0.5) is 0 Å². The van der Waals surface area contributed by atoms with Crippen LogP contribution in [-0.4, -0.2) is 62.2 Å². The monoisotopic (exact) mass is 407 g/mol. The highest BCUT2D eigenvalue weighted by Gasteiger charge is 2.28. The maximum atomic E-state index is 13.2. The van der Waals surface area contributed by atoms with Crippen molar-refractivity contribution in [3.8, 4) is 11.8 Å². The number of ether oxygens (including phenoxy) is 2. The Bertz CT molecular complexity index is 885. The van der Waals surface area contributed by atoms with Crippen molar-refractivity contribution in [1.82, 2.24) is 9.80 Å². The van der Waals surface area contributed by atoms with Gasteiger partial charge in [0.1, 0.15) is 5.75 Å². The van der Waals surface area contributed by atoms with Crippen molar-refractivity contribution >= 4 is 5.91 Å². The minimum Gasteiger partial charge on any atom is -0.497 e. The molecule has 1 amide bonds. The summed E-state index contributed by atoms with van der Waals surface area (Å²) in [6.07, 6.45) is 1.83. The maximum absolute atomic E-state index is 13.2. The van der Waals surface area contributed by atoms with Crippen molar-refractivity contribution < 1.29 is 14.3 Å². The van der Waals surface area contributed by atoms with Gasteiger partial charge in [-0.3, -0.25) is 9.69 Å². The quantitative estimate of drug-likeness (QED) is 0.672. The summed E-state index contributed by atoms with van der Waals surface area (Å²) < 4.78 is 10.5. The van der Waals surface area contributed by atoms with Gasteiger partial charge in [0.2, 0.25) is 0 Å². The first-order valence-corrected chi connectivity index (χ1v) is 10.3. The molecule has 0 unspecified atom stereocenters. The van der Waals surface area contributed by atoms with Gasteiger partial charge in [-0.25, -0.2) is 0 Å². The summed E-state index contributed by atoms with van der Waals surface area (Å²) in [5, 5.41) is 9.09. The zero-order valence-electron chi connectivity index (χ0n) is 17.7. The molecule has 0 bridgehead atoms. The molecule has 30 heavy (non-hydrogen) atoms. The van der Waals surface area contributed by atoms with Gasteiger partial charge in [-0.15, -0.1) is 0 Å². The normalized spacial score (nSPS) is 14.8. The molecule has 1 heterocycles. The van der Waals surface area contributed by atoms with E-state index in [9.17, 15) is 4.79 Å². The highest BCUT2D eigenvalue weighted by Crippen LogP contribution is 2.22. The van der Waals surface area contributed by atoms with Crippen molar-refractivity contribution in [2.75, 3.05) is 40.5 Å². The van der Waals surface area contributed by atoms with E-state index in [0.29, 0.717) is 30.0 Å². The second-order valence-electron chi connectivity index (χ2n) is 7.54. The zero-order valence-corrected chi connectivity index (χ0v) is 17.7. The van der Waals surface area contributed by atoms with E-state index in [4.69, 9.17) is 14.7 Å². The van der Waals surface area contributed by atoms with Crippen LogP contribution in [0.2, 0.25) is 0 Å². The third-order valence-electron chi connectivity index (χ3n) is 5.57. The van der Waals surface area contributed by atoms with Gasteiger partial charge < -0.3 is 14.4 Å². The Morgan fingerprint density at radius 2 is 1.93 bits per heavy atom. The van der Waals surface area contributed by atoms with Crippen molar-refractivity contribution in [2.24, 2.45) is 0 Å². The Morgan fingerprint density at radius 3 is 2.63 bits per heavy atom. The van der Waals surface area contributed by atoms with Gasteiger partial charge in [0.25, 0.3) is 5.91 Å². The van der Waals surface area contributed by atoms with Crippen LogP contribution in [0.15, 0.2) is 48.5 Å². The second kappa shape index (κ2) is 10.8. The Hall–Kier alpha value is -2.88. The fraction of sp³-hybridized carbons (Fsp3) is 0.417. The number of nitrogens with zero attached hydrogens (tertiary/aromatic N) is 3. The summed E-state index contributed by atoms with van der Waals surface area (Å²) in [6, 6.07) is 17.5. The molecule has 1 aliphatic rings. The van der Waals surface area contributed by atoms with Crippen molar-refractivity contribution in [2.45, 2.75) is 25.4 Å². The summed E-state index contributed by atoms with van der Waals surface area (Å²) in [5.74, 6) is 0.702. The van der Waals surface area contributed by atoms with E-state index >= 15 is 0 Å². The fourth-order valence-corrected chi connectivity index (χ4v) is 3.95. The molecule has 0 N–H and O–H groups in total. The first-order valence-electron chi connectivity index (χ1n) is 10.3. The number of carbonyl (C=O) groups is 1. The van der Waals surface area contributed by atoms with Gasteiger partial charge in [-0.05, 0) is 48.7 Å². The van der Waals surface area contributed by atoms with E-state index in [1.807, 2.05) is 41.3 Å². The number of nitriles is 1. The number of rotatable bonds is 8. The van der Waals surface area contributed by atoms with Gasteiger partial charge >= 0.3 is 0 Å². The lowest BCUT2D eigenvalue weighted by molar-refractivity contribution is 0.0478. The first-order chi connectivity index (χ1) is 14.6. The highest BCUT2D eigenvalue weighted by atomic mass is 16.5. The zero-order chi connectivity index (χ0) is 21.3. The molecule has 0 atom stereocenters. The minimum atomic E-state index is 0.0196. The van der Waals surface area contributed by atoms with Crippen LogP contribution >= 0.6 is 0 Å². The smallest absolute Gasteiger partial charge is 0.254 e. The summed E-state index contributed by atoms with van der Waals surface area (Å²) in [7, 11) is 3.26. The van der Waals surface area contributed by atoms with Crippen LogP contribution in [0.5, 0.6) is 5.75 Å². The lowest BCUT2D eigenvalue weighted by Crippen LogP contribution is -2.48. The van der Waals surface area contributed by atoms with Gasteiger partial charge in [0.05, 0.1) is 25.3 Å². The molecule has 1 saturated heterocycles. The van der Waals surface area contributed by atoms with E-state index < -0.39 is 0 Å². The number of piperidine rings is 1. The molecule has 3 rings (SSSR count). The minimum absolute atomic E-state index is 0.0196. The first kappa shape index (κ1) is 21.8. The van der Waals surface area contributed by atoms with Crippen LogP contribution in [0.3, 0.4) is 0 Å². The fourth-order valence-electron chi connectivity index (χ4n) is 3.95. The number of benzene rings is 2. The largest absolute Gasteiger partial charge is 0.497 e. The van der Waals surface area contributed by atoms with Crippen LogP contribution in [0, 0.1) is 11.3 Å². The molecule has 2 aromatic carbocycles. The third kappa shape index (κ3) is 5.59. The predicted octanol–water partition coefficient (Wildman–Crippen LogP) is 3.32. The van der Waals surface area contributed by atoms with E-state index in [2.05, 4.69) is 17.0 Å². The molecule has 1 fully saturated rings. The number of hydrogen-bond donors (Lipinski definition) is 0. The molecule has 2 aromatic rings. The Balaban J connectivity index is 1.64. The van der Waals surface area contributed by atoms with Crippen LogP contribution in [0.25, 0.3) is 0 Å². The molecule has 1 aliphatic heterocycles. The summed E-state index contributed by atoms with van der Waals surface area (Å²) in [5.41, 5.74) is 2.48. The van der Waals surface area contributed by atoms with Crippen LogP contribution in [-0.2, 0) is 11.3 Å². The maximum Gasteiger partial charge on any atom is 0.254 e. The second-order valence-corrected chi connectivity index (χ2v) is 7.54. The molecular formula is C24H29N3O3. The average molecular weight is 408 g/mol. The SMILES string of the molecule is COCCN(C(=O)c1cccc(OC)c1)C1CCN(Cc2cccc(C#N)c2)CC1. The van der Waals surface area contributed by atoms with E-state index in [0.717, 1.165) is 38.0 Å². The van der Waals surface area contributed by atoms with Gasteiger partial charge in [-0.2, -0.15) is 5.26 Å². The van der Waals surface area contributed by atoms with Gasteiger partial charge in [0.15, 0.2) is 0 Å². The average Bonchev–Trinajstić information content (AvgIpc) is 2.80. The molecule has 158 valence electrons. The molecule has 6 nitrogen and oxygen atoms in total. The number of methoxy groups -OCH3 is 2. The molecule has 0 aliphatic carbocycles. The molecule has 0 aromatic heterocycles. The molecule has 0 spiro atoms. The van der Waals surface area contributed by atoms with E-state index in [1.54, 1.807) is 20.3 Å². The topological polar surface area (TPSA) is 65.8 Å². The highest BCUT2D eigenvalue weighted by molar-refractivity contribution is 5.94. The lowest BCUT2D eigenvalue weighted by Gasteiger charge is -2.38. The van der Waals surface area contributed by atoms with Crippen LogP contribution in [0.1, 0.15) is 34.3 Å². The molecule has 0 radical (unpaired) electrons. The van der Waals surface area contributed by atoms with E-state index in [-0.39, 0.29) is 11.9 Å². The van der Waals surface area contributed by atoms with E-state index in [1.165, 1.54) is 0 Å². The summed E-state index contributed by atoms with van der Waals surface area (Å²) in [6.45, 7) is 3.73. The lowest BCUT2D eigenvalue weighted by atomic mass is 10.0. The van der Waals surface area contributed by atoms with Gasteiger partial charge in [-0.1, -0.05) is 18.2 Å². The third-order valence-corrected chi connectivity index (χ3v) is 5.57. The van der Waals surface area contributed by atoms with Crippen molar-refractivity contribution in [3.63, 3.8) is 0 Å². The number of carbonyl (C=O) groups excluding carboxylic acids is 1. The van der Waals surface area contributed by atoms with Crippen molar-refractivity contribution in [3.05, 3.63) is 65.2 Å². The Morgan fingerprint density at radius 1 is 1.17 bits per heavy atom. The summed E-state index contributed by atoms with van der Waals surface area (Å²) in [4.78, 5) is 17.6.